The molecule has 0 spiro atoms. The first-order valence-electron chi connectivity index (χ1n) is 16.3. The van der Waals surface area contributed by atoms with Crippen LogP contribution in [0.3, 0.4) is 0 Å². The van der Waals surface area contributed by atoms with Gasteiger partial charge in [-0.05, 0) is 108 Å². The fraction of sp³-hybridized carbons (Fsp3) is 0.111. The molecule has 0 aliphatic heterocycles. The predicted octanol–water partition coefficient (Wildman–Crippen LogP) is 12.6. The summed E-state index contributed by atoms with van der Waals surface area (Å²) in [4.78, 5) is 0. The Kier molecular flexibility index (Phi) is 5.74. The van der Waals surface area contributed by atoms with Gasteiger partial charge in [0.1, 0.15) is 0 Å². The average molecular weight is 590 g/mol. The fourth-order valence-electron chi connectivity index (χ4n) is 7.68. The molecule has 0 N–H and O–H groups in total. The van der Waals surface area contributed by atoms with Crippen molar-refractivity contribution < 1.29 is 0 Å². The standard InChI is InChI=1S/C45H35N/c1-28-11-5-6-12-34(28)40-27-39(37-23-19-30-25-32(45(2,3)4)26-31-20-24-38(40)44(37)43(30)31)29-17-21-33(22-18-29)46-41-15-9-7-13-35(41)36-14-8-10-16-42(36)46/h5-27H,1-4H3. The molecule has 1 nitrogen and oxygen atoms in total. The molecule has 0 bridgehead atoms. The third-order valence-electron chi connectivity index (χ3n) is 10.0. The number of nitrogens with zero attached hydrogens (tertiary/aromatic N) is 1. The van der Waals surface area contributed by atoms with Crippen LogP contribution in [-0.4, -0.2) is 4.57 Å². The third-order valence-corrected chi connectivity index (χ3v) is 10.0. The molecule has 0 aliphatic carbocycles. The number of benzene rings is 8. The molecule has 0 saturated heterocycles. The zero-order chi connectivity index (χ0) is 31.2. The van der Waals surface area contributed by atoms with Crippen LogP contribution >= 0.6 is 0 Å². The van der Waals surface area contributed by atoms with E-state index in [9.17, 15) is 0 Å². The van der Waals surface area contributed by atoms with Gasteiger partial charge >= 0.3 is 0 Å². The minimum absolute atomic E-state index is 0.0834. The van der Waals surface area contributed by atoms with E-state index in [0.29, 0.717) is 0 Å². The smallest absolute Gasteiger partial charge is 0.0541 e. The summed E-state index contributed by atoms with van der Waals surface area (Å²) in [5, 5.41) is 10.5. The zero-order valence-corrected chi connectivity index (χ0v) is 26.7. The first-order chi connectivity index (χ1) is 22.4. The number of aryl methyl sites for hydroxylation is 1. The summed E-state index contributed by atoms with van der Waals surface area (Å²) < 4.78 is 2.39. The normalized spacial score (nSPS) is 12.3. The highest BCUT2D eigenvalue weighted by Crippen LogP contribution is 2.45. The average Bonchev–Trinajstić information content (AvgIpc) is 3.41. The van der Waals surface area contributed by atoms with Crippen LogP contribution in [0.2, 0.25) is 0 Å². The molecule has 1 heterocycles. The molecule has 220 valence electrons. The van der Waals surface area contributed by atoms with E-state index >= 15 is 0 Å². The maximum Gasteiger partial charge on any atom is 0.0541 e. The van der Waals surface area contributed by atoms with Gasteiger partial charge in [-0.25, -0.2) is 0 Å². The molecule has 46 heavy (non-hydrogen) atoms. The van der Waals surface area contributed by atoms with Crippen LogP contribution in [0.25, 0.3) is 82.1 Å². The van der Waals surface area contributed by atoms with Crippen LogP contribution in [0.15, 0.2) is 140 Å². The third kappa shape index (κ3) is 3.95. The van der Waals surface area contributed by atoms with E-state index in [0.717, 1.165) is 0 Å². The van der Waals surface area contributed by atoms with Gasteiger partial charge in [-0.15, -0.1) is 0 Å². The van der Waals surface area contributed by atoms with E-state index in [-0.39, 0.29) is 5.41 Å². The monoisotopic (exact) mass is 589 g/mol. The lowest BCUT2D eigenvalue weighted by atomic mass is 9.81. The molecular formula is C45H35N. The van der Waals surface area contributed by atoms with Gasteiger partial charge in [0.25, 0.3) is 0 Å². The highest BCUT2D eigenvalue weighted by Gasteiger charge is 2.21. The summed E-state index contributed by atoms with van der Waals surface area (Å²) in [7, 11) is 0. The molecule has 0 aliphatic rings. The molecule has 8 aromatic carbocycles. The minimum Gasteiger partial charge on any atom is -0.309 e. The number of para-hydroxylation sites is 2. The molecule has 0 fully saturated rings. The number of rotatable bonds is 3. The lowest BCUT2D eigenvalue weighted by molar-refractivity contribution is 0.591. The number of hydrogen-bond donors (Lipinski definition) is 0. The molecule has 1 aromatic heterocycles. The largest absolute Gasteiger partial charge is 0.309 e. The summed E-state index contributed by atoms with van der Waals surface area (Å²) in [5.41, 5.74) is 11.5. The maximum absolute atomic E-state index is 2.43. The summed E-state index contributed by atoms with van der Waals surface area (Å²) in [5.74, 6) is 0. The van der Waals surface area contributed by atoms with Gasteiger partial charge in [0.2, 0.25) is 0 Å². The van der Waals surface area contributed by atoms with Gasteiger partial charge in [0.15, 0.2) is 0 Å². The van der Waals surface area contributed by atoms with Crippen molar-refractivity contribution in [3.63, 3.8) is 0 Å². The molecule has 0 amide bonds. The van der Waals surface area contributed by atoms with Crippen molar-refractivity contribution in [2.75, 3.05) is 0 Å². The molecule has 0 atom stereocenters. The van der Waals surface area contributed by atoms with Crippen LogP contribution in [-0.2, 0) is 5.41 Å². The number of aromatic nitrogens is 1. The van der Waals surface area contributed by atoms with Crippen LogP contribution < -0.4 is 0 Å². The highest BCUT2D eigenvalue weighted by molar-refractivity contribution is 6.28. The fourth-order valence-corrected chi connectivity index (χ4v) is 7.68. The Hall–Kier alpha value is -5.40. The summed E-state index contributed by atoms with van der Waals surface area (Å²) in [6.45, 7) is 9.13. The molecule has 9 aromatic rings. The summed E-state index contributed by atoms with van der Waals surface area (Å²) in [6, 6.07) is 52.0. The van der Waals surface area contributed by atoms with Crippen molar-refractivity contribution in [1.29, 1.82) is 0 Å². The second-order valence-corrected chi connectivity index (χ2v) is 13.9. The second kappa shape index (κ2) is 9.80. The summed E-state index contributed by atoms with van der Waals surface area (Å²) in [6.07, 6.45) is 0. The molecular weight excluding hydrogens is 555 g/mol. The maximum atomic E-state index is 2.43. The van der Waals surface area contributed by atoms with Gasteiger partial charge in [0, 0.05) is 16.5 Å². The van der Waals surface area contributed by atoms with E-state index in [1.165, 1.54) is 93.2 Å². The lowest BCUT2D eigenvalue weighted by Gasteiger charge is -2.23. The zero-order valence-electron chi connectivity index (χ0n) is 26.7. The summed E-state index contributed by atoms with van der Waals surface area (Å²) >= 11 is 0. The van der Waals surface area contributed by atoms with Gasteiger partial charge in [-0.2, -0.15) is 0 Å². The van der Waals surface area contributed by atoms with Gasteiger partial charge in [0.05, 0.1) is 11.0 Å². The highest BCUT2D eigenvalue weighted by atomic mass is 15.0. The Morgan fingerprint density at radius 3 is 1.63 bits per heavy atom. The van der Waals surface area contributed by atoms with Crippen molar-refractivity contribution >= 4 is 54.1 Å². The van der Waals surface area contributed by atoms with Crippen LogP contribution in [0.4, 0.5) is 0 Å². The van der Waals surface area contributed by atoms with Gasteiger partial charge < -0.3 is 4.57 Å². The Balaban J connectivity index is 1.31. The Bertz CT molecular complexity index is 2540. The van der Waals surface area contributed by atoms with Crippen LogP contribution in [0, 0.1) is 6.92 Å². The van der Waals surface area contributed by atoms with Crippen molar-refractivity contribution in [3.8, 4) is 27.9 Å². The molecule has 0 saturated carbocycles. The van der Waals surface area contributed by atoms with Crippen LogP contribution in [0.5, 0.6) is 0 Å². The lowest BCUT2D eigenvalue weighted by Crippen LogP contribution is -2.10. The second-order valence-electron chi connectivity index (χ2n) is 13.9. The van der Waals surface area contributed by atoms with Crippen molar-refractivity contribution in [3.05, 3.63) is 151 Å². The quantitative estimate of drug-likeness (QED) is 0.181. The molecule has 1 heteroatoms. The molecule has 9 rings (SSSR count). The topological polar surface area (TPSA) is 4.93 Å². The van der Waals surface area contributed by atoms with Gasteiger partial charge in [-0.1, -0.05) is 130 Å². The van der Waals surface area contributed by atoms with E-state index < -0.39 is 0 Å². The Morgan fingerprint density at radius 1 is 0.457 bits per heavy atom. The Labute approximate surface area is 269 Å². The van der Waals surface area contributed by atoms with E-state index in [2.05, 4.69) is 172 Å². The van der Waals surface area contributed by atoms with Crippen molar-refractivity contribution in [1.82, 2.24) is 4.57 Å². The number of hydrogen-bond acceptors (Lipinski definition) is 0. The first-order valence-corrected chi connectivity index (χ1v) is 16.3. The predicted molar refractivity (Wildman–Crippen MR) is 199 cm³/mol. The van der Waals surface area contributed by atoms with Gasteiger partial charge in [-0.3, -0.25) is 0 Å². The SMILES string of the molecule is Cc1ccccc1-c1cc(-c2ccc(-n3c4ccccc4c4ccccc43)cc2)c2ccc3cc(C(C)(C)C)cc4ccc1c2c34. The van der Waals surface area contributed by atoms with Crippen molar-refractivity contribution in [2.24, 2.45) is 0 Å². The molecule has 0 unspecified atom stereocenters. The Morgan fingerprint density at radius 2 is 1.02 bits per heavy atom. The van der Waals surface area contributed by atoms with Crippen molar-refractivity contribution in [2.45, 2.75) is 33.1 Å². The van der Waals surface area contributed by atoms with Crippen LogP contribution in [0.1, 0.15) is 31.9 Å². The van der Waals surface area contributed by atoms with E-state index in [1.807, 2.05) is 0 Å². The first kappa shape index (κ1) is 27.0. The number of fused-ring (bicyclic) bond motifs is 3. The van der Waals surface area contributed by atoms with E-state index in [1.54, 1.807) is 0 Å². The molecule has 0 radical (unpaired) electrons. The minimum atomic E-state index is 0.0834. The van der Waals surface area contributed by atoms with E-state index in [4.69, 9.17) is 0 Å².